The fourth-order valence-corrected chi connectivity index (χ4v) is 3.39. The van der Waals surface area contributed by atoms with Gasteiger partial charge in [0.2, 0.25) is 0 Å². The maximum absolute atomic E-state index is 10.4. The zero-order valence-electron chi connectivity index (χ0n) is 16.1. The molecule has 0 spiro atoms. The molecule has 23 heavy (non-hydrogen) atoms. The third kappa shape index (κ3) is 16.1. The molecule has 0 aliphatic heterocycles. The fourth-order valence-electron chi connectivity index (χ4n) is 3.39. The average molecular weight is 327 g/mol. The molecule has 1 unspecified atom stereocenters. The lowest BCUT2D eigenvalue weighted by molar-refractivity contribution is -0.137. The Morgan fingerprint density at radius 2 is 1.17 bits per heavy atom. The summed E-state index contributed by atoms with van der Waals surface area (Å²) >= 11 is 0. The van der Waals surface area contributed by atoms with Crippen LogP contribution < -0.4 is 0 Å². The smallest absolute Gasteiger partial charge is 0.303 e. The first-order valence-corrected chi connectivity index (χ1v) is 10.3. The molecule has 0 aliphatic rings. The minimum atomic E-state index is -0.653. The molecule has 0 heterocycles. The van der Waals surface area contributed by atoms with Crippen LogP contribution in [0.4, 0.5) is 0 Å². The Kier molecular flexibility index (Phi) is 16.0. The van der Waals surface area contributed by atoms with Crippen molar-refractivity contribution in [3.8, 4) is 0 Å². The van der Waals surface area contributed by atoms with Gasteiger partial charge >= 0.3 is 5.97 Å². The molecule has 0 fully saturated rings. The Bertz CT molecular complexity index is 261. The predicted octanol–water partition coefficient (Wildman–Crippen LogP) is 7.21. The van der Waals surface area contributed by atoms with E-state index in [-0.39, 0.29) is 0 Å². The van der Waals surface area contributed by atoms with Crippen molar-refractivity contribution >= 4 is 5.97 Å². The van der Waals surface area contributed by atoms with Crippen LogP contribution in [0.3, 0.4) is 0 Å². The van der Waals surface area contributed by atoms with E-state index in [2.05, 4.69) is 20.8 Å². The Morgan fingerprint density at radius 3 is 1.61 bits per heavy atom. The van der Waals surface area contributed by atoms with Crippen molar-refractivity contribution in [1.82, 2.24) is 0 Å². The van der Waals surface area contributed by atoms with Gasteiger partial charge in [-0.1, -0.05) is 104 Å². The van der Waals surface area contributed by atoms with Crippen molar-refractivity contribution in [3.05, 3.63) is 0 Å². The number of aliphatic carboxylic acids is 1. The van der Waals surface area contributed by atoms with Crippen LogP contribution in [0.5, 0.6) is 0 Å². The lowest BCUT2D eigenvalue weighted by Gasteiger charge is -2.20. The number of hydrogen-bond acceptors (Lipinski definition) is 1. The van der Waals surface area contributed by atoms with Gasteiger partial charge in [0.15, 0.2) is 0 Å². The quantitative estimate of drug-likeness (QED) is 0.287. The zero-order chi connectivity index (χ0) is 17.3. The molecule has 0 aliphatic carbocycles. The molecule has 0 radical (unpaired) electrons. The van der Waals surface area contributed by atoms with Gasteiger partial charge in [-0.05, 0) is 18.3 Å². The van der Waals surface area contributed by atoms with Gasteiger partial charge in [0, 0.05) is 6.42 Å². The summed E-state index contributed by atoms with van der Waals surface area (Å²) < 4.78 is 0. The number of carboxylic acid groups (broad SMARTS) is 1. The molecule has 0 aromatic heterocycles. The third-order valence-corrected chi connectivity index (χ3v) is 5.09. The van der Waals surface area contributed by atoms with E-state index in [1.54, 1.807) is 0 Å². The minimum absolute atomic E-state index is 0.342. The maximum Gasteiger partial charge on any atom is 0.303 e. The van der Waals surface area contributed by atoms with Crippen LogP contribution in [0.2, 0.25) is 0 Å². The molecule has 0 rings (SSSR count). The Hall–Kier alpha value is -0.530. The molecule has 0 saturated carbocycles. The Morgan fingerprint density at radius 1 is 0.739 bits per heavy atom. The maximum atomic E-state index is 10.4. The average Bonchev–Trinajstić information content (AvgIpc) is 2.50. The van der Waals surface area contributed by atoms with E-state index in [1.165, 1.54) is 77.0 Å². The lowest BCUT2D eigenvalue weighted by atomic mass is 9.85. The van der Waals surface area contributed by atoms with Gasteiger partial charge in [0.1, 0.15) is 0 Å². The fraction of sp³-hybridized carbons (Fsp3) is 0.952. The van der Waals surface area contributed by atoms with Gasteiger partial charge in [0.05, 0.1) is 0 Å². The summed E-state index contributed by atoms with van der Waals surface area (Å²) in [6.07, 6.45) is 18.7. The van der Waals surface area contributed by atoms with Crippen LogP contribution in [0.1, 0.15) is 117 Å². The molecule has 1 atom stereocenters. The summed E-state index contributed by atoms with van der Waals surface area (Å²) in [5.74, 6) is 1.12. The highest BCUT2D eigenvalue weighted by atomic mass is 16.4. The minimum Gasteiger partial charge on any atom is -0.481 e. The largest absolute Gasteiger partial charge is 0.481 e. The van der Waals surface area contributed by atoms with E-state index in [9.17, 15) is 4.79 Å². The highest BCUT2D eigenvalue weighted by Crippen LogP contribution is 2.25. The van der Waals surface area contributed by atoms with Gasteiger partial charge in [0.25, 0.3) is 0 Å². The molecular weight excluding hydrogens is 284 g/mol. The highest BCUT2D eigenvalue weighted by Gasteiger charge is 2.12. The van der Waals surface area contributed by atoms with E-state index >= 15 is 0 Å². The second kappa shape index (κ2) is 16.3. The normalized spacial score (nSPS) is 12.7. The first-order valence-electron chi connectivity index (χ1n) is 10.3. The summed E-state index contributed by atoms with van der Waals surface area (Å²) in [7, 11) is 0. The molecule has 0 aromatic carbocycles. The summed E-state index contributed by atoms with van der Waals surface area (Å²) in [5, 5.41) is 8.58. The Labute approximate surface area is 145 Å². The number of hydrogen-bond donors (Lipinski definition) is 1. The summed E-state index contributed by atoms with van der Waals surface area (Å²) in [6.45, 7) is 7.06. The molecule has 0 saturated heterocycles. The van der Waals surface area contributed by atoms with Crippen LogP contribution >= 0.6 is 0 Å². The zero-order valence-corrected chi connectivity index (χ0v) is 16.1. The van der Waals surface area contributed by atoms with E-state index in [1.807, 2.05) is 0 Å². The summed E-state index contributed by atoms with van der Waals surface area (Å²) in [5.41, 5.74) is 0. The molecule has 1 N–H and O–H groups in total. The molecule has 0 amide bonds. The van der Waals surface area contributed by atoms with Crippen molar-refractivity contribution in [3.63, 3.8) is 0 Å². The van der Waals surface area contributed by atoms with Gasteiger partial charge in [-0.2, -0.15) is 0 Å². The van der Waals surface area contributed by atoms with Crippen LogP contribution in [0.25, 0.3) is 0 Å². The van der Waals surface area contributed by atoms with E-state index in [4.69, 9.17) is 5.11 Å². The molecular formula is C21H42O2. The number of rotatable bonds is 17. The predicted molar refractivity (Wildman–Crippen MR) is 101 cm³/mol. The molecule has 2 nitrogen and oxygen atoms in total. The monoisotopic (exact) mass is 326 g/mol. The van der Waals surface area contributed by atoms with Gasteiger partial charge in [-0.15, -0.1) is 0 Å². The van der Waals surface area contributed by atoms with Crippen LogP contribution in [-0.4, -0.2) is 11.1 Å². The number of carbonyl (C=O) groups is 1. The third-order valence-electron chi connectivity index (χ3n) is 5.09. The molecule has 0 aromatic rings. The second-order valence-electron chi connectivity index (χ2n) is 7.61. The van der Waals surface area contributed by atoms with Crippen molar-refractivity contribution in [2.45, 2.75) is 117 Å². The first-order chi connectivity index (χ1) is 11.1. The molecule has 0 bridgehead atoms. The number of carboxylic acids is 1. The number of unbranched alkanes of at least 4 members (excludes halogenated alkanes) is 10. The van der Waals surface area contributed by atoms with E-state index in [0.717, 1.165) is 24.7 Å². The topological polar surface area (TPSA) is 37.3 Å². The SMILES string of the molecule is CCCCCCC(CCCCCCCCCCC(=O)O)C(C)C. The Balaban J connectivity index is 3.43. The second-order valence-corrected chi connectivity index (χ2v) is 7.61. The van der Waals surface area contributed by atoms with Crippen LogP contribution in [-0.2, 0) is 4.79 Å². The first kappa shape index (κ1) is 22.5. The molecule has 138 valence electrons. The van der Waals surface area contributed by atoms with Gasteiger partial charge in [-0.3, -0.25) is 4.79 Å². The molecule has 2 heteroatoms. The van der Waals surface area contributed by atoms with Crippen LogP contribution in [0.15, 0.2) is 0 Å². The van der Waals surface area contributed by atoms with Crippen molar-refractivity contribution in [2.24, 2.45) is 11.8 Å². The van der Waals surface area contributed by atoms with E-state index < -0.39 is 5.97 Å². The van der Waals surface area contributed by atoms with Gasteiger partial charge < -0.3 is 5.11 Å². The summed E-state index contributed by atoms with van der Waals surface area (Å²) in [6, 6.07) is 0. The van der Waals surface area contributed by atoms with E-state index in [0.29, 0.717) is 6.42 Å². The lowest BCUT2D eigenvalue weighted by Crippen LogP contribution is -2.08. The van der Waals surface area contributed by atoms with Crippen molar-refractivity contribution in [2.75, 3.05) is 0 Å². The highest BCUT2D eigenvalue weighted by molar-refractivity contribution is 5.66. The van der Waals surface area contributed by atoms with Crippen molar-refractivity contribution < 1.29 is 9.90 Å². The summed E-state index contributed by atoms with van der Waals surface area (Å²) in [4.78, 5) is 10.4. The standard InChI is InChI=1S/C21H42O2/c1-4-5-6-13-16-20(19(2)3)17-14-11-9-7-8-10-12-15-18-21(22)23/h19-20H,4-18H2,1-3H3,(H,22,23). The van der Waals surface area contributed by atoms with Crippen molar-refractivity contribution in [1.29, 1.82) is 0 Å². The van der Waals surface area contributed by atoms with Gasteiger partial charge in [-0.25, -0.2) is 0 Å². The van der Waals surface area contributed by atoms with Crippen LogP contribution in [0, 0.1) is 11.8 Å².